The molecule has 0 amide bonds. The number of nitrogens with zero attached hydrogens (tertiary/aromatic N) is 4. The number of likely N-dealkylation sites (N-methyl/N-ethyl adjacent to an activating group) is 1. The number of piperazine rings is 1. The molecule has 1 N–H and O–H groups in total. The van der Waals surface area contributed by atoms with E-state index in [4.69, 9.17) is 0 Å². The summed E-state index contributed by atoms with van der Waals surface area (Å²) in [5.74, 6) is 3.45. The van der Waals surface area contributed by atoms with Crippen molar-refractivity contribution in [3.8, 4) is 0 Å². The Hall–Kier alpha value is -0.0800. The predicted octanol–water partition coefficient (Wildman–Crippen LogP) is 3.21. The molecule has 0 radical (unpaired) electrons. The summed E-state index contributed by atoms with van der Waals surface area (Å²) in [7, 11) is 6.35. The molecule has 0 aromatic carbocycles. The molecule has 0 bridgehead atoms. The van der Waals surface area contributed by atoms with Crippen molar-refractivity contribution < 1.29 is 0 Å². The smallest absolute Gasteiger partial charge is 0.193 e. The number of hydrogen-bond donors (Lipinski definition) is 1. The Morgan fingerprint density at radius 3 is 2.22 bits per heavy atom. The molecule has 2 fully saturated rings. The minimum absolute atomic E-state index is 0. The van der Waals surface area contributed by atoms with Gasteiger partial charge in [0.15, 0.2) is 5.96 Å². The minimum Gasteiger partial charge on any atom is -0.355 e. The third kappa shape index (κ3) is 8.05. The number of guanidine groups is 1. The van der Waals surface area contributed by atoms with E-state index in [-0.39, 0.29) is 24.0 Å². The van der Waals surface area contributed by atoms with Gasteiger partial charge in [0.05, 0.1) is 0 Å². The van der Waals surface area contributed by atoms with Gasteiger partial charge in [-0.3, -0.25) is 9.89 Å². The average Bonchev–Trinajstić information content (AvgIpc) is 2.61. The fraction of sp³-hybridized carbons (Fsp3) is 0.952. The molecule has 5 nitrogen and oxygen atoms in total. The van der Waals surface area contributed by atoms with E-state index in [1.54, 1.807) is 0 Å². The molecule has 1 heterocycles. The van der Waals surface area contributed by atoms with Crippen molar-refractivity contribution in [2.75, 3.05) is 60.4 Å². The lowest BCUT2D eigenvalue weighted by atomic mass is 9.83. The van der Waals surface area contributed by atoms with E-state index in [1.807, 2.05) is 7.05 Å². The quantitative estimate of drug-likeness (QED) is 0.350. The fourth-order valence-electron chi connectivity index (χ4n) is 4.51. The van der Waals surface area contributed by atoms with E-state index in [9.17, 15) is 0 Å². The Morgan fingerprint density at radius 1 is 1.11 bits per heavy atom. The topological polar surface area (TPSA) is 34.1 Å². The molecule has 27 heavy (non-hydrogen) atoms. The normalized spacial score (nSPS) is 26.6. The van der Waals surface area contributed by atoms with Crippen molar-refractivity contribution in [2.24, 2.45) is 22.7 Å². The monoisotopic (exact) mass is 493 g/mol. The fourth-order valence-corrected chi connectivity index (χ4v) is 4.51. The lowest BCUT2D eigenvalue weighted by molar-refractivity contribution is 0.0896. The molecule has 1 saturated heterocycles. The van der Waals surface area contributed by atoms with Crippen LogP contribution in [0.1, 0.15) is 46.5 Å². The highest BCUT2D eigenvalue weighted by Gasteiger charge is 2.26. The molecule has 1 atom stereocenters. The molecule has 6 heteroatoms. The minimum atomic E-state index is 0. The third-order valence-electron chi connectivity index (χ3n) is 6.49. The van der Waals surface area contributed by atoms with E-state index in [2.05, 4.69) is 59.9 Å². The average molecular weight is 494 g/mol. The second-order valence-electron chi connectivity index (χ2n) is 9.09. The Kier molecular flexibility index (Phi) is 11.5. The number of rotatable bonds is 6. The predicted molar refractivity (Wildman–Crippen MR) is 128 cm³/mol. The van der Waals surface area contributed by atoms with E-state index in [0.717, 1.165) is 30.9 Å². The van der Waals surface area contributed by atoms with Gasteiger partial charge in [0.25, 0.3) is 0 Å². The summed E-state index contributed by atoms with van der Waals surface area (Å²) in [6.45, 7) is 13.9. The molecule has 0 spiro atoms. The van der Waals surface area contributed by atoms with Crippen molar-refractivity contribution in [2.45, 2.75) is 52.5 Å². The molecule has 0 aromatic heterocycles. The van der Waals surface area contributed by atoms with Crippen LogP contribution >= 0.6 is 24.0 Å². The summed E-state index contributed by atoms with van der Waals surface area (Å²) in [6.07, 6.45) is 5.53. The maximum absolute atomic E-state index is 4.56. The summed E-state index contributed by atoms with van der Waals surface area (Å²) in [6, 6.07) is 0.574. The molecule has 160 valence electrons. The van der Waals surface area contributed by atoms with Crippen LogP contribution in [-0.4, -0.2) is 87.1 Å². The summed E-state index contributed by atoms with van der Waals surface area (Å²) in [5, 5.41) is 3.68. The molecule has 0 aromatic rings. The summed E-state index contributed by atoms with van der Waals surface area (Å²) < 4.78 is 0. The summed E-state index contributed by atoms with van der Waals surface area (Å²) in [5.41, 5.74) is 0. The molecule has 1 unspecified atom stereocenters. The molecule has 1 aliphatic heterocycles. The van der Waals surface area contributed by atoms with Gasteiger partial charge in [0, 0.05) is 59.4 Å². The first-order valence-corrected chi connectivity index (χ1v) is 10.7. The molecular formula is C21H44IN5. The first kappa shape index (κ1) is 25.0. The van der Waals surface area contributed by atoms with Gasteiger partial charge in [-0.2, -0.15) is 0 Å². The first-order valence-electron chi connectivity index (χ1n) is 10.7. The SMILES string of the molecule is CN=C(NCC(C(C)C)N1CCN(C)CC1)N(C)CC1CCC(C)CC1.I. The van der Waals surface area contributed by atoms with Gasteiger partial charge in [0.2, 0.25) is 0 Å². The van der Waals surface area contributed by atoms with Crippen molar-refractivity contribution in [1.29, 1.82) is 0 Å². The highest BCUT2D eigenvalue weighted by molar-refractivity contribution is 14.0. The molecule has 2 rings (SSSR count). The number of hydrogen-bond acceptors (Lipinski definition) is 3. The second kappa shape index (κ2) is 12.5. The van der Waals surface area contributed by atoms with Gasteiger partial charge in [0.1, 0.15) is 0 Å². The van der Waals surface area contributed by atoms with Crippen LogP contribution in [0, 0.1) is 17.8 Å². The lowest BCUT2D eigenvalue weighted by Gasteiger charge is -2.40. The van der Waals surface area contributed by atoms with Crippen LogP contribution < -0.4 is 5.32 Å². The summed E-state index contributed by atoms with van der Waals surface area (Å²) >= 11 is 0. The van der Waals surface area contributed by atoms with Gasteiger partial charge in [-0.15, -0.1) is 24.0 Å². The maximum atomic E-state index is 4.56. The van der Waals surface area contributed by atoms with Crippen molar-refractivity contribution in [1.82, 2.24) is 20.0 Å². The lowest BCUT2D eigenvalue weighted by Crippen LogP contribution is -2.55. The van der Waals surface area contributed by atoms with Crippen molar-refractivity contribution in [3.05, 3.63) is 0 Å². The number of halogens is 1. The maximum Gasteiger partial charge on any atom is 0.193 e. The van der Waals surface area contributed by atoms with Gasteiger partial charge in [-0.1, -0.05) is 33.6 Å². The van der Waals surface area contributed by atoms with Crippen molar-refractivity contribution in [3.63, 3.8) is 0 Å². The highest BCUT2D eigenvalue weighted by Crippen LogP contribution is 2.28. The zero-order chi connectivity index (χ0) is 19.1. The molecule has 1 aliphatic carbocycles. The zero-order valence-electron chi connectivity index (χ0n) is 18.6. The zero-order valence-corrected chi connectivity index (χ0v) is 20.9. The van der Waals surface area contributed by atoms with E-state index in [0.29, 0.717) is 12.0 Å². The number of aliphatic imine (C=N–C) groups is 1. The second-order valence-corrected chi connectivity index (χ2v) is 9.09. The van der Waals surface area contributed by atoms with Gasteiger partial charge in [-0.05, 0) is 37.6 Å². The first-order chi connectivity index (χ1) is 12.4. The van der Waals surface area contributed by atoms with Crippen LogP contribution in [0.3, 0.4) is 0 Å². The van der Waals surface area contributed by atoms with E-state index >= 15 is 0 Å². The van der Waals surface area contributed by atoms with Crippen LogP contribution in [0.15, 0.2) is 4.99 Å². The number of nitrogens with one attached hydrogen (secondary N) is 1. The van der Waals surface area contributed by atoms with Crippen molar-refractivity contribution >= 4 is 29.9 Å². The van der Waals surface area contributed by atoms with E-state index < -0.39 is 0 Å². The Balaban J connectivity index is 0.00000364. The third-order valence-corrected chi connectivity index (χ3v) is 6.49. The van der Waals surface area contributed by atoms with Crippen LogP contribution in [-0.2, 0) is 0 Å². The molecule has 2 aliphatic rings. The molecule has 1 saturated carbocycles. The van der Waals surface area contributed by atoms with E-state index in [1.165, 1.54) is 51.9 Å². The van der Waals surface area contributed by atoms with Gasteiger partial charge < -0.3 is 15.1 Å². The van der Waals surface area contributed by atoms with Crippen LogP contribution in [0.25, 0.3) is 0 Å². The van der Waals surface area contributed by atoms with Crippen LogP contribution in [0.4, 0.5) is 0 Å². The van der Waals surface area contributed by atoms with Gasteiger partial charge in [-0.25, -0.2) is 0 Å². The van der Waals surface area contributed by atoms with Crippen LogP contribution in [0.5, 0.6) is 0 Å². The molecular weight excluding hydrogens is 449 g/mol. The largest absolute Gasteiger partial charge is 0.355 e. The Morgan fingerprint density at radius 2 is 1.70 bits per heavy atom. The highest BCUT2D eigenvalue weighted by atomic mass is 127. The Bertz CT molecular complexity index is 426. The standard InChI is InChI=1S/C21H43N5.HI/c1-17(2)20(26-13-11-24(5)12-14-26)15-23-21(22-4)25(6)16-19-9-7-18(3)8-10-19;/h17-20H,7-16H2,1-6H3,(H,22,23);1H. The van der Waals surface area contributed by atoms with Crippen LogP contribution in [0.2, 0.25) is 0 Å². The van der Waals surface area contributed by atoms with Gasteiger partial charge >= 0.3 is 0 Å². The summed E-state index contributed by atoms with van der Waals surface area (Å²) in [4.78, 5) is 12.0. The Labute approximate surface area is 185 Å².